The molecule has 6 heteroatoms. The minimum atomic E-state index is -0.774. The summed E-state index contributed by atoms with van der Waals surface area (Å²) in [5, 5.41) is 3.96. The first-order valence-electron chi connectivity index (χ1n) is 6.72. The smallest absolute Gasteiger partial charge is 0.261 e. The van der Waals surface area contributed by atoms with Crippen LogP contribution >= 0.6 is 0 Å². The molecule has 2 N–H and O–H groups in total. The molecular formula is C14H21N3O3. The van der Waals surface area contributed by atoms with Gasteiger partial charge in [0.15, 0.2) is 5.82 Å². The van der Waals surface area contributed by atoms with Crippen molar-refractivity contribution in [1.29, 1.82) is 0 Å². The van der Waals surface area contributed by atoms with Crippen LogP contribution in [0, 0.1) is 13.8 Å². The van der Waals surface area contributed by atoms with E-state index in [2.05, 4.69) is 10.1 Å². The van der Waals surface area contributed by atoms with Gasteiger partial charge in [0, 0.05) is 6.61 Å². The molecule has 6 nitrogen and oxygen atoms in total. The largest absolute Gasteiger partial charge is 0.466 e. The third-order valence-electron chi connectivity index (χ3n) is 2.96. The molecule has 0 aliphatic rings. The van der Waals surface area contributed by atoms with E-state index in [-0.39, 0.29) is 0 Å². The molecule has 2 aromatic heterocycles. The minimum Gasteiger partial charge on any atom is -0.466 e. The van der Waals surface area contributed by atoms with Gasteiger partial charge in [-0.3, -0.25) is 0 Å². The molecule has 0 bridgehead atoms. The predicted molar refractivity (Wildman–Crippen MR) is 74.1 cm³/mol. The minimum absolute atomic E-state index is 0.350. The Balaban J connectivity index is 2.18. The Morgan fingerprint density at radius 2 is 2.15 bits per heavy atom. The van der Waals surface area contributed by atoms with Crippen LogP contribution in [0.2, 0.25) is 0 Å². The van der Waals surface area contributed by atoms with Crippen molar-refractivity contribution in [3.63, 3.8) is 0 Å². The highest BCUT2D eigenvalue weighted by molar-refractivity contribution is 5.56. The van der Waals surface area contributed by atoms with Gasteiger partial charge in [-0.25, -0.2) is 0 Å². The molecule has 0 aromatic carbocycles. The number of ether oxygens (including phenoxy) is 1. The van der Waals surface area contributed by atoms with E-state index in [1.165, 1.54) is 0 Å². The highest BCUT2D eigenvalue weighted by Crippen LogP contribution is 2.26. The molecule has 0 amide bonds. The van der Waals surface area contributed by atoms with Crippen LogP contribution in [-0.2, 0) is 10.3 Å². The molecule has 20 heavy (non-hydrogen) atoms. The van der Waals surface area contributed by atoms with Crippen molar-refractivity contribution in [2.45, 2.75) is 39.7 Å². The van der Waals surface area contributed by atoms with E-state index in [0.717, 1.165) is 23.5 Å². The summed E-state index contributed by atoms with van der Waals surface area (Å²) in [5.74, 6) is 2.40. The number of nitrogens with zero attached hydrogens (tertiary/aromatic N) is 2. The zero-order chi connectivity index (χ0) is 14.8. The molecule has 0 saturated carbocycles. The maximum atomic E-state index is 6.18. The van der Waals surface area contributed by atoms with Crippen molar-refractivity contribution < 1.29 is 13.7 Å². The van der Waals surface area contributed by atoms with Gasteiger partial charge < -0.3 is 19.4 Å². The van der Waals surface area contributed by atoms with Gasteiger partial charge in [-0.05, 0) is 33.3 Å². The first kappa shape index (κ1) is 14.7. The summed E-state index contributed by atoms with van der Waals surface area (Å²) in [7, 11) is 0. The van der Waals surface area contributed by atoms with Crippen molar-refractivity contribution in [2.24, 2.45) is 5.73 Å². The van der Waals surface area contributed by atoms with Crippen molar-refractivity contribution >= 4 is 0 Å². The van der Waals surface area contributed by atoms with Crippen LogP contribution in [0.1, 0.15) is 37.6 Å². The van der Waals surface area contributed by atoms with Crippen LogP contribution in [0.15, 0.2) is 15.0 Å². The first-order valence-corrected chi connectivity index (χ1v) is 6.72. The van der Waals surface area contributed by atoms with Crippen molar-refractivity contribution in [1.82, 2.24) is 10.1 Å². The van der Waals surface area contributed by atoms with E-state index < -0.39 is 5.54 Å². The molecule has 0 aliphatic heterocycles. The average molecular weight is 279 g/mol. The summed E-state index contributed by atoms with van der Waals surface area (Å²) < 4.78 is 16.2. The Labute approximate surface area is 118 Å². The van der Waals surface area contributed by atoms with Gasteiger partial charge in [0.2, 0.25) is 0 Å². The Bertz CT molecular complexity index is 572. The zero-order valence-electron chi connectivity index (χ0n) is 12.4. The lowest BCUT2D eigenvalue weighted by Crippen LogP contribution is -2.39. The fourth-order valence-corrected chi connectivity index (χ4v) is 1.90. The molecule has 2 rings (SSSR count). The highest BCUT2D eigenvalue weighted by atomic mass is 16.5. The number of nitrogens with two attached hydrogens (primary N) is 1. The first-order chi connectivity index (χ1) is 9.44. The zero-order valence-corrected chi connectivity index (χ0v) is 12.4. The molecule has 2 heterocycles. The molecule has 0 fully saturated rings. The molecule has 1 atom stereocenters. The highest BCUT2D eigenvalue weighted by Gasteiger charge is 2.28. The summed E-state index contributed by atoms with van der Waals surface area (Å²) >= 11 is 0. The maximum absolute atomic E-state index is 6.18. The lowest BCUT2D eigenvalue weighted by molar-refractivity contribution is 0.0867. The summed E-state index contributed by atoms with van der Waals surface area (Å²) in [4.78, 5) is 4.36. The van der Waals surface area contributed by atoms with Gasteiger partial charge in [0.05, 0.1) is 12.2 Å². The summed E-state index contributed by atoms with van der Waals surface area (Å²) in [5.41, 5.74) is 6.20. The second kappa shape index (κ2) is 5.76. The average Bonchev–Trinajstić information content (AvgIpc) is 2.96. The van der Waals surface area contributed by atoms with Crippen LogP contribution in [-0.4, -0.2) is 23.4 Å². The van der Waals surface area contributed by atoms with E-state index in [9.17, 15) is 0 Å². The third-order valence-corrected chi connectivity index (χ3v) is 2.96. The van der Waals surface area contributed by atoms with Gasteiger partial charge >= 0.3 is 0 Å². The Morgan fingerprint density at radius 1 is 1.40 bits per heavy atom. The molecule has 0 aliphatic carbocycles. The summed E-state index contributed by atoms with van der Waals surface area (Å²) in [6.07, 6.45) is 0.946. The summed E-state index contributed by atoms with van der Waals surface area (Å²) in [6, 6.07) is 1.87. The lowest BCUT2D eigenvalue weighted by Gasteiger charge is -2.19. The van der Waals surface area contributed by atoms with E-state index in [1.807, 2.05) is 33.8 Å². The third kappa shape index (κ3) is 3.08. The Hall–Kier alpha value is -1.66. The standard InChI is InChI=1S/C14H21N3O3/c1-5-6-18-8-14(4,15)13-16-12(20-17-13)11-7-9(2)19-10(11)3/h7H,5-6,8,15H2,1-4H3. The number of hydrogen-bond acceptors (Lipinski definition) is 6. The predicted octanol–water partition coefficient (Wildman–Crippen LogP) is 2.55. The number of aromatic nitrogens is 2. The van der Waals surface area contributed by atoms with Crippen LogP contribution in [0.25, 0.3) is 11.5 Å². The van der Waals surface area contributed by atoms with Crippen LogP contribution in [0.5, 0.6) is 0 Å². The van der Waals surface area contributed by atoms with Gasteiger partial charge in [0.25, 0.3) is 5.89 Å². The number of furan rings is 1. The van der Waals surface area contributed by atoms with Crippen molar-refractivity contribution in [2.75, 3.05) is 13.2 Å². The van der Waals surface area contributed by atoms with Gasteiger partial charge in [-0.2, -0.15) is 4.98 Å². The fourth-order valence-electron chi connectivity index (χ4n) is 1.90. The summed E-state index contributed by atoms with van der Waals surface area (Å²) in [6.45, 7) is 8.62. The SMILES string of the molecule is CCCOCC(C)(N)c1noc(-c2cc(C)oc2C)n1. The molecular weight excluding hydrogens is 258 g/mol. The van der Waals surface area contributed by atoms with Crippen LogP contribution in [0.3, 0.4) is 0 Å². The molecule has 1 unspecified atom stereocenters. The van der Waals surface area contributed by atoms with Gasteiger partial charge in [-0.1, -0.05) is 12.1 Å². The molecule has 110 valence electrons. The quantitative estimate of drug-likeness (QED) is 0.818. The second-order valence-electron chi connectivity index (χ2n) is 5.22. The number of rotatable bonds is 6. The van der Waals surface area contributed by atoms with E-state index in [0.29, 0.717) is 24.9 Å². The topological polar surface area (TPSA) is 87.3 Å². The van der Waals surface area contributed by atoms with E-state index in [4.69, 9.17) is 19.4 Å². The Kier molecular flexibility index (Phi) is 4.25. The van der Waals surface area contributed by atoms with Crippen molar-refractivity contribution in [3.05, 3.63) is 23.4 Å². The second-order valence-corrected chi connectivity index (χ2v) is 5.22. The van der Waals surface area contributed by atoms with Crippen LogP contribution < -0.4 is 5.73 Å². The molecule has 0 spiro atoms. The molecule has 0 saturated heterocycles. The fraction of sp³-hybridized carbons (Fsp3) is 0.571. The number of aryl methyl sites for hydroxylation is 2. The van der Waals surface area contributed by atoms with Crippen LogP contribution in [0.4, 0.5) is 0 Å². The normalized spacial score (nSPS) is 14.4. The molecule has 2 aromatic rings. The molecule has 0 radical (unpaired) electrons. The van der Waals surface area contributed by atoms with Gasteiger partial charge in [0.1, 0.15) is 17.1 Å². The Morgan fingerprint density at radius 3 is 2.75 bits per heavy atom. The van der Waals surface area contributed by atoms with E-state index >= 15 is 0 Å². The maximum Gasteiger partial charge on any atom is 0.261 e. The van der Waals surface area contributed by atoms with E-state index in [1.54, 1.807) is 0 Å². The van der Waals surface area contributed by atoms with Crippen molar-refractivity contribution in [3.8, 4) is 11.5 Å². The monoisotopic (exact) mass is 279 g/mol. The van der Waals surface area contributed by atoms with Gasteiger partial charge in [-0.15, -0.1) is 0 Å². The number of hydrogen-bond donors (Lipinski definition) is 1. The lowest BCUT2D eigenvalue weighted by atomic mass is 10.1.